The van der Waals surface area contributed by atoms with E-state index in [1.165, 1.54) is 4.68 Å². The van der Waals surface area contributed by atoms with Crippen LogP contribution in [-0.4, -0.2) is 83.9 Å². The Morgan fingerprint density at radius 1 is 0.906 bits per heavy atom. The number of halogens is 1. The third kappa shape index (κ3) is 4.94. The van der Waals surface area contributed by atoms with Crippen molar-refractivity contribution in [2.24, 2.45) is 0 Å². The molecule has 0 bridgehead atoms. The summed E-state index contributed by atoms with van der Waals surface area (Å²) < 4.78 is 6.53. The second kappa shape index (κ2) is 10.1. The first-order chi connectivity index (χ1) is 15.5. The number of morpholine rings is 1. The second-order valence-corrected chi connectivity index (χ2v) is 8.14. The lowest BCUT2D eigenvalue weighted by molar-refractivity contribution is -0.139. The molecule has 3 heterocycles. The van der Waals surface area contributed by atoms with Crippen LogP contribution in [0.1, 0.15) is 12.8 Å². The maximum atomic E-state index is 12.7. The quantitative estimate of drug-likeness (QED) is 0.667. The van der Waals surface area contributed by atoms with Gasteiger partial charge in [0.2, 0.25) is 11.8 Å². The zero-order valence-electron chi connectivity index (χ0n) is 17.8. The zero-order chi connectivity index (χ0) is 22.5. The van der Waals surface area contributed by atoms with Crippen LogP contribution in [0.25, 0.3) is 5.69 Å². The van der Waals surface area contributed by atoms with Gasteiger partial charge in [0.25, 0.3) is 5.56 Å². The molecule has 10 heteroatoms. The molecule has 2 saturated heterocycles. The van der Waals surface area contributed by atoms with Gasteiger partial charge in [-0.3, -0.25) is 14.4 Å². The summed E-state index contributed by atoms with van der Waals surface area (Å²) >= 11 is 6.39. The van der Waals surface area contributed by atoms with E-state index >= 15 is 0 Å². The predicted molar refractivity (Wildman–Crippen MR) is 120 cm³/mol. The molecule has 2 aromatic rings. The largest absolute Gasteiger partial charge is 0.378 e. The maximum Gasteiger partial charge on any atom is 0.292 e. The number of hydrogen-bond donors (Lipinski definition) is 0. The molecular weight excluding hydrogens is 434 g/mol. The highest BCUT2D eigenvalue weighted by atomic mass is 35.5. The first-order valence-corrected chi connectivity index (χ1v) is 11.1. The van der Waals surface area contributed by atoms with Crippen LogP contribution < -0.4 is 10.5 Å². The molecule has 0 spiro atoms. The van der Waals surface area contributed by atoms with Crippen LogP contribution in [0.5, 0.6) is 0 Å². The highest BCUT2D eigenvalue weighted by Gasteiger charge is 2.25. The molecule has 0 aliphatic carbocycles. The van der Waals surface area contributed by atoms with Crippen molar-refractivity contribution in [1.29, 1.82) is 0 Å². The zero-order valence-corrected chi connectivity index (χ0v) is 18.5. The van der Waals surface area contributed by atoms with Gasteiger partial charge in [-0.05, 0) is 12.1 Å². The van der Waals surface area contributed by atoms with Crippen molar-refractivity contribution in [3.63, 3.8) is 0 Å². The number of amides is 2. The summed E-state index contributed by atoms with van der Waals surface area (Å²) in [4.78, 5) is 43.0. The molecule has 0 N–H and O–H groups in total. The fourth-order valence-electron chi connectivity index (χ4n) is 3.94. The summed E-state index contributed by atoms with van der Waals surface area (Å²) in [6, 6.07) is 9.10. The molecule has 0 radical (unpaired) electrons. The van der Waals surface area contributed by atoms with Gasteiger partial charge in [0.15, 0.2) is 0 Å². The Labute approximate surface area is 191 Å². The Hall–Kier alpha value is -2.91. The Morgan fingerprint density at radius 2 is 1.50 bits per heavy atom. The summed E-state index contributed by atoms with van der Waals surface area (Å²) in [7, 11) is 0. The van der Waals surface area contributed by atoms with E-state index in [0.29, 0.717) is 63.9 Å². The molecule has 2 aliphatic heterocycles. The van der Waals surface area contributed by atoms with Crippen molar-refractivity contribution >= 4 is 29.1 Å². The Balaban J connectivity index is 1.32. The molecule has 170 valence electrons. The van der Waals surface area contributed by atoms with Gasteiger partial charge in [-0.25, -0.2) is 0 Å². The highest BCUT2D eigenvalue weighted by molar-refractivity contribution is 6.33. The molecule has 0 saturated carbocycles. The van der Waals surface area contributed by atoms with E-state index < -0.39 is 0 Å². The van der Waals surface area contributed by atoms with Crippen molar-refractivity contribution in [3.8, 4) is 5.69 Å². The third-order valence-corrected chi connectivity index (χ3v) is 6.15. The molecule has 4 rings (SSSR count). The number of anilines is 1. The number of benzene rings is 1. The van der Waals surface area contributed by atoms with Crippen molar-refractivity contribution in [2.45, 2.75) is 12.8 Å². The van der Waals surface area contributed by atoms with E-state index in [-0.39, 0.29) is 35.2 Å². The van der Waals surface area contributed by atoms with E-state index in [1.54, 1.807) is 28.1 Å². The van der Waals surface area contributed by atoms with E-state index in [2.05, 4.69) is 5.10 Å². The first kappa shape index (κ1) is 22.3. The predicted octanol–water partition coefficient (Wildman–Crippen LogP) is 1.17. The van der Waals surface area contributed by atoms with Gasteiger partial charge in [0.1, 0.15) is 5.02 Å². The van der Waals surface area contributed by atoms with Gasteiger partial charge < -0.3 is 19.4 Å². The number of carbonyl (C=O) groups is 2. The lowest BCUT2D eigenvalue weighted by atomic mass is 10.2. The average molecular weight is 460 g/mol. The van der Waals surface area contributed by atoms with Crippen LogP contribution in [0.4, 0.5) is 5.69 Å². The number of hydrogen-bond acceptors (Lipinski definition) is 6. The molecule has 2 aliphatic rings. The van der Waals surface area contributed by atoms with E-state index in [1.807, 2.05) is 23.1 Å². The smallest absolute Gasteiger partial charge is 0.292 e. The van der Waals surface area contributed by atoms with E-state index in [9.17, 15) is 14.4 Å². The van der Waals surface area contributed by atoms with Crippen molar-refractivity contribution in [2.75, 3.05) is 57.4 Å². The highest BCUT2D eigenvalue weighted by Crippen LogP contribution is 2.23. The SMILES string of the molecule is O=C(CCC(=O)N1CCN(c2cnn(-c3ccccc3)c(=O)c2Cl)CC1)N1CCOCC1. The molecule has 1 aromatic heterocycles. The fraction of sp³-hybridized carbons (Fsp3) is 0.455. The summed E-state index contributed by atoms with van der Waals surface area (Å²) in [6.07, 6.45) is 2.01. The number of rotatable bonds is 5. The van der Waals surface area contributed by atoms with Crippen molar-refractivity contribution < 1.29 is 14.3 Å². The number of nitrogens with zero attached hydrogens (tertiary/aromatic N) is 5. The number of aromatic nitrogens is 2. The summed E-state index contributed by atoms with van der Waals surface area (Å²) in [5.41, 5.74) is 0.835. The standard InChI is InChI=1S/C22H26ClN5O4/c23-21-18(16-24-28(22(21)31)17-4-2-1-3-5-17)25-8-10-26(11-9-25)19(29)6-7-20(30)27-12-14-32-15-13-27/h1-5,16H,6-15H2. The molecular formula is C22H26ClN5O4. The van der Waals surface area contributed by atoms with E-state index in [4.69, 9.17) is 16.3 Å². The Bertz CT molecular complexity index is 1010. The first-order valence-electron chi connectivity index (χ1n) is 10.8. The van der Waals surface area contributed by atoms with Gasteiger partial charge in [-0.1, -0.05) is 29.8 Å². The number of ether oxygens (including phenoxy) is 1. The van der Waals surface area contributed by atoms with Crippen LogP contribution in [0.2, 0.25) is 5.02 Å². The normalized spacial score (nSPS) is 16.8. The second-order valence-electron chi connectivity index (χ2n) is 7.76. The molecule has 1 aromatic carbocycles. The van der Waals surface area contributed by atoms with Crippen LogP contribution in [0.3, 0.4) is 0 Å². The third-order valence-electron chi connectivity index (χ3n) is 5.79. The topological polar surface area (TPSA) is 88.0 Å². The van der Waals surface area contributed by atoms with Gasteiger partial charge in [-0.2, -0.15) is 9.78 Å². The monoisotopic (exact) mass is 459 g/mol. The lowest BCUT2D eigenvalue weighted by Crippen LogP contribution is -2.49. The minimum Gasteiger partial charge on any atom is -0.378 e. The number of para-hydroxylation sites is 1. The van der Waals surface area contributed by atoms with Crippen molar-refractivity contribution in [3.05, 3.63) is 51.9 Å². The van der Waals surface area contributed by atoms with Gasteiger partial charge in [0.05, 0.1) is 30.8 Å². The van der Waals surface area contributed by atoms with Crippen LogP contribution >= 0.6 is 11.6 Å². The maximum absolute atomic E-state index is 12.7. The summed E-state index contributed by atoms with van der Waals surface area (Å²) in [5, 5.41) is 4.39. The molecule has 9 nitrogen and oxygen atoms in total. The molecule has 2 amide bonds. The molecule has 32 heavy (non-hydrogen) atoms. The van der Waals surface area contributed by atoms with Gasteiger partial charge in [-0.15, -0.1) is 0 Å². The van der Waals surface area contributed by atoms with Crippen LogP contribution in [-0.2, 0) is 14.3 Å². The van der Waals surface area contributed by atoms with E-state index in [0.717, 1.165) is 0 Å². The summed E-state index contributed by atoms with van der Waals surface area (Å²) in [6.45, 7) is 4.36. The Kier molecular flexibility index (Phi) is 7.06. The number of piperazine rings is 1. The van der Waals surface area contributed by atoms with Gasteiger partial charge in [0, 0.05) is 52.1 Å². The van der Waals surface area contributed by atoms with Crippen molar-refractivity contribution in [1.82, 2.24) is 19.6 Å². The van der Waals surface area contributed by atoms with Gasteiger partial charge >= 0.3 is 0 Å². The molecule has 0 unspecified atom stereocenters. The number of carbonyl (C=O) groups excluding carboxylic acids is 2. The fourth-order valence-corrected chi connectivity index (χ4v) is 4.19. The van der Waals surface area contributed by atoms with Crippen LogP contribution in [0, 0.1) is 0 Å². The minimum absolute atomic E-state index is 0.00266. The molecule has 2 fully saturated rings. The van der Waals surface area contributed by atoms with Crippen LogP contribution in [0.15, 0.2) is 41.3 Å². The Morgan fingerprint density at radius 3 is 2.12 bits per heavy atom. The minimum atomic E-state index is -0.379. The summed E-state index contributed by atoms with van der Waals surface area (Å²) in [5.74, 6) is -0.0351. The lowest BCUT2D eigenvalue weighted by Gasteiger charge is -2.36. The average Bonchev–Trinajstić information content (AvgIpc) is 2.85. The molecule has 0 atom stereocenters.